The van der Waals surface area contributed by atoms with Gasteiger partial charge in [-0.25, -0.2) is 18.7 Å². The van der Waals surface area contributed by atoms with Crippen LogP contribution in [-0.4, -0.2) is 51.3 Å². The molecule has 3 atom stereocenters. The Labute approximate surface area is 235 Å². The van der Waals surface area contributed by atoms with Crippen LogP contribution in [0.3, 0.4) is 0 Å². The number of hydroxylamine groups is 1. The lowest BCUT2D eigenvalue weighted by atomic mass is 9.90. The molecule has 0 bridgehead atoms. The maximum absolute atomic E-state index is 13.5. The van der Waals surface area contributed by atoms with Gasteiger partial charge in [0.15, 0.2) is 6.29 Å². The second-order valence-corrected chi connectivity index (χ2v) is 12.0. The summed E-state index contributed by atoms with van der Waals surface area (Å²) in [6.07, 6.45) is 3.02. The van der Waals surface area contributed by atoms with Gasteiger partial charge in [0, 0.05) is 24.5 Å². The summed E-state index contributed by atoms with van der Waals surface area (Å²) in [4.78, 5) is 45.2. The Bertz CT molecular complexity index is 1220. The van der Waals surface area contributed by atoms with Gasteiger partial charge in [-0.1, -0.05) is 50.2 Å². The van der Waals surface area contributed by atoms with E-state index in [1.54, 1.807) is 60.7 Å². The van der Waals surface area contributed by atoms with Gasteiger partial charge in [0.05, 0.1) is 11.9 Å². The Morgan fingerprint density at radius 3 is 2.20 bits per heavy atom. The number of ether oxygens (including phenoxy) is 1. The molecular formula is C28H38N4O7S. The highest BCUT2D eigenvalue weighted by molar-refractivity contribution is 7.92. The van der Waals surface area contributed by atoms with Crippen molar-refractivity contribution in [3.63, 3.8) is 0 Å². The van der Waals surface area contributed by atoms with E-state index in [9.17, 15) is 22.8 Å². The fourth-order valence-corrected chi connectivity index (χ4v) is 5.08. The van der Waals surface area contributed by atoms with Crippen molar-refractivity contribution in [3.8, 4) is 0 Å². The molecule has 0 radical (unpaired) electrons. The Hall–Kier alpha value is -3.48. The van der Waals surface area contributed by atoms with E-state index in [2.05, 4.69) is 16.2 Å². The molecule has 0 aromatic heterocycles. The van der Waals surface area contributed by atoms with Crippen molar-refractivity contribution >= 4 is 33.4 Å². The summed E-state index contributed by atoms with van der Waals surface area (Å²) in [5.41, 5.74) is 5.48. The third kappa shape index (κ3) is 9.61. The molecule has 3 N–H and O–H groups in total. The quantitative estimate of drug-likeness (QED) is 0.312. The van der Waals surface area contributed by atoms with E-state index >= 15 is 0 Å². The summed E-state index contributed by atoms with van der Waals surface area (Å²) in [5, 5.41) is 2.71. The molecule has 3 rings (SSSR count). The van der Waals surface area contributed by atoms with Crippen molar-refractivity contribution in [1.82, 2.24) is 16.2 Å². The largest absolute Gasteiger partial charge is 0.350 e. The van der Waals surface area contributed by atoms with Gasteiger partial charge in [0.25, 0.3) is 11.8 Å². The summed E-state index contributed by atoms with van der Waals surface area (Å²) in [7, 11) is -3.88. The Kier molecular flexibility index (Phi) is 11.5. The van der Waals surface area contributed by atoms with Crippen LogP contribution in [0.25, 0.3) is 0 Å². The minimum atomic E-state index is -3.88. The van der Waals surface area contributed by atoms with Gasteiger partial charge < -0.3 is 10.1 Å². The molecule has 1 fully saturated rings. The molecule has 0 spiro atoms. The number of para-hydroxylation sites is 1. The molecule has 2 aromatic carbocycles. The zero-order valence-electron chi connectivity index (χ0n) is 23.0. The number of sulfonamides is 1. The molecule has 1 heterocycles. The van der Waals surface area contributed by atoms with E-state index in [4.69, 9.17) is 9.57 Å². The summed E-state index contributed by atoms with van der Waals surface area (Å²) in [5.74, 6) is -2.56. The van der Waals surface area contributed by atoms with Crippen LogP contribution in [0.4, 0.5) is 5.69 Å². The van der Waals surface area contributed by atoms with Crippen LogP contribution in [-0.2, 0) is 29.2 Å². The van der Waals surface area contributed by atoms with Crippen molar-refractivity contribution in [2.45, 2.75) is 58.3 Å². The first-order valence-corrected chi connectivity index (χ1v) is 15.2. The van der Waals surface area contributed by atoms with E-state index in [1.165, 1.54) is 0 Å². The lowest BCUT2D eigenvalue weighted by molar-refractivity contribution is -0.201. The average Bonchev–Trinajstić information content (AvgIpc) is 2.94. The molecule has 1 unspecified atom stereocenters. The highest BCUT2D eigenvalue weighted by Gasteiger charge is 2.32. The van der Waals surface area contributed by atoms with E-state index in [0.717, 1.165) is 23.5 Å². The van der Waals surface area contributed by atoms with Gasteiger partial charge in [0.1, 0.15) is 6.04 Å². The molecule has 0 aliphatic carbocycles. The van der Waals surface area contributed by atoms with Gasteiger partial charge in [-0.3, -0.25) is 19.8 Å². The fourth-order valence-electron chi connectivity index (χ4n) is 4.32. The average molecular weight is 575 g/mol. The predicted molar refractivity (Wildman–Crippen MR) is 150 cm³/mol. The van der Waals surface area contributed by atoms with Crippen molar-refractivity contribution in [2.75, 3.05) is 17.3 Å². The van der Waals surface area contributed by atoms with Crippen molar-refractivity contribution in [3.05, 3.63) is 66.2 Å². The molecule has 1 saturated heterocycles. The number of rotatable bonds is 13. The lowest BCUT2D eigenvalue weighted by Crippen LogP contribution is -2.52. The van der Waals surface area contributed by atoms with Gasteiger partial charge in [0.2, 0.25) is 15.9 Å². The number of nitrogens with zero attached hydrogens (tertiary/aromatic N) is 1. The van der Waals surface area contributed by atoms with Crippen molar-refractivity contribution < 1.29 is 32.4 Å². The minimum absolute atomic E-state index is 0.0274. The molecule has 2 aromatic rings. The molecule has 218 valence electrons. The first-order chi connectivity index (χ1) is 19.0. The Morgan fingerprint density at radius 1 is 0.975 bits per heavy atom. The molecule has 0 saturated carbocycles. The summed E-state index contributed by atoms with van der Waals surface area (Å²) >= 11 is 0. The van der Waals surface area contributed by atoms with Crippen LogP contribution in [0, 0.1) is 11.8 Å². The Morgan fingerprint density at radius 2 is 1.62 bits per heavy atom. The Balaban J connectivity index is 1.82. The number of hydrogen-bond donors (Lipinski definition) is 3. The number of carbonyl (C=O) groups excluding carboxylic acids is 3. The number of carbonyl (C=O) groups is 3. The number of benzene rings is 2. The molecule has 1 aliphatic heterocycles. The topological polar surface area (TPSA) is 143 Å². The molecule has 12 heteroatoms. The van der Waals surface area contributed by atoms with Crippen LogP contribution >= 0.6 is 0 Å². The third-order valence-electron chi connectivity index (χ3n) is 6.27. The first kappa shape index (κ1) is 31.1. The number of hydrazine groups is 1. The molecule has 11 nitrogen and oxygen atoms in total. The zero-order valence-corrected chi connectivity index (χ0v) is 23.9. The van der Waals surface area contributed by atoms with Crippen LogP contribution in [0.2, 0.25) is 0 Å². The number of nitrogens with one attached hydrogen (secondary N) is 3. The van der Waals surface area contributed by atoms with Crippen molar-refractivity contribution in [1.29, 1.82) is 0 Å². The molecule has 1 aliphatic rings. The van der Waals surface area contributed by atoms with E-state index in [0.29, 0.717) is 25.0 Å². The molecule has 40 heavy (non-hydrogen) atoms. The van der Waals surface area contributed by atoms with Crippen molar-refractivity contribution in [2.24, 2.45) is 11.8 Å². The maximum Gasteiger partial charge on any atom is 0.266 e. The highest BCUT2D eigenvalue weighted by atomic mass is 32.2. The minimum Gasteiger partial charge on any atom is -0.350 e. The monoisotopic (exact) mass is 574 g/mol. The van der Waals surface area contributed by atoms with Crippen LogP contribution in [0.15, 0.2) is 60.7 Å². The summed E-state index contributed by atoms with van der Waals surface area (Å²) in [6.45, 7) is 4.34. The second kappa shape index (κ2) is 14.8. The predicted octanol–water partition coefficient (Wildman–Crippen LogP) is 2.91. The maximum atomic E-state index is 13.5. The first-order valence-electron chi connectivity index (χ1n) is 13.3. The molecule has 3 amide bonds. The number of anilines is 1. The van der Waals surface area contributed by atoms with E-state index in [1.807, 2.05) is 13.8 Å². The van der Waals surface area contributed by atoms with Gasteiger partial charge in [-0.15, -0.1) is 0 Å². The SMILES string of the molecule is CC(C)C[C@H](C[C@@H](NC(=O)c1ccccc1)C(=O)NOC1CCCCO1)C(=O)NN(c1ccccc1)S(C)(=O)=O. The van der Waals surface area contributed by atoms with Gasteiger partial charge in [-0.05, 0) is 55.9 Å². The second-order valence-electron chi connectivity index (χ2n) is 10.2. The van der Waals surface area contributed by atoms with E-state index < -0.39 is 46.0 Å². The third-order valence-corrected chi connectivity index (χ3v) is 7.23. The highest BCUT2D eigenvalue weighted by Crippen LogP contribution is 2.21. The van der Waals surface area contributed by atoms with Crippen LogP contribution in [0.1, 0.15) is 56.3 Å². The van der Waals surface area contributed by atoms with Gasteiger partial charge >= 0.3 is 0 Å². The number of hydrogen-bond acceptors (Lipinski definition) is 7. The smallest absolute Gasteiger partial charge is 0.266 e. The zero-order chi connectivity index (χ0) is 29.1. The normalized spacial score (nSPS) is 16.9. The van der Waals surface area contributed by atoms with Crippen LogP contribution in [0.5, 0.6) is 0 Å². The van der Waals surface area contributed by atoms with Gasteiger partial charge in [-0.2, -0.15) is 4.41 Å². The van der Waals surface area contributed by atoms with Crippen LogP contribution < -0.4 is 20.6 Å². The molecular weight excluding hydrogens is 536 g/mol. The summed E-state index contributed by atoms with van der Waals surface area (Å²) < 4.78 is 31.4. The standard InChI is InChI=1S/C28H38N4O7S/c1-20(2)18-22(27(34)30-32(40(3,36)37)23-14-8-5-9-15-23)19-24(29-26(33)21-12-6-4-7-13-21)28(35)31-39-25-16-10-11-17-38-25/h4-9,12-15,20,22,24-25H,10-11,16-19H2,1-3H3,(H,29,33)(H,30,34)(H,31,35)/t22-,24-,25?/m1/s1. The lowest BCUT2D eigenvalue weighted by Gasteiger charge is -2.29. The summed E-state index contributed by atoms with van der Waals surface area (Å²) in [6, 6.07) is 15.4. The number of amides is 3. The fraction of sp³-hybridized carbons (Fsp3) is 0.464. The van der Waals surface area contributed by atoms with E-state index in [-0.39, 0.29) is 18.0 Å².